The van der Waals surface area contributed by atoms with Gasteiger partial charge in [-0.2, -0.15) is 0 Å². The second-order valence-electron chi connectivity index (χ2n) is 6.47. The van der Waals surface area contributed by atoms with Crippen LogP contribution in [0.4, 0.5) is 0 Å². The Kier molecular flexibility index (Phi) is 5.73. The van der Waals surface area contributed by atoms with Gasteiger partial charge in [0.1, 0.15) is 29.3 Å². The third kappa shape index (κ3) is 3.88. The highest BCUT2D eigenvalue weighted by molar-refractivity contribution is 5.94. The lowest BCUT2D eigenvalue weighted by molar-refractivity contribution is -0.0604. The standard InChI is InChI=1S/C18H20N2O9/c1-8-5-9(22)6-10(27-2)13(8)17(25)29-15-14(24)11(7-21)28-16(15)20-4-3-12(23)19-18(20)26/h3-6,11,14-16,21-22,24H,7H2,1-2H3,(H,19,23,26). The fourth-order valence-corrected chi connectivity index (χ4v) is 3.19. The minimum absolute atomic E-state index is 0.0116. The topological polar surface area (TPSA) is 160 Å². The molecule has 0 bridgehead atoms. The van der Waals surface area contributed by atoms with Crippen molar-refractivity contribution in [3.8, 4) is 11.5 Å². The van der Waals surface area contributed by atoms with E-state index in [0.717, 1.165) is 16.8 Å². The molecule has 0 radical (unpaired) electrons. The van der Waals surface area contributed by atoms with Gasteiger partial charge in [-0.05, 0) is 18.6 Å². The summed E-state index contributed by atoms with van der Waals surface area (Å²) < 4.78 is 17.0. The first-order valence-electron chi connectivity index (χ1n) is 8.61. The molecule has 2 heterocycles. The number of nitrogens with zero attached hydrogens (tertiary/aromatic N) is 1. The normalized spacial score (nSPS) is 23.7. The van der Waals surface area contributed by atoms with Gasteiger partial charge in [-0.25, -0.2) is 9.59 Å². The van der Waals surface area contributed by atoms with Gasteiger partial charge in [-0.1, -0.05) is 0 Å². The molecule has 1 aromatic heterocycles. The van der Waals surface area contributed by atoms with Gasteiger partial charge >= 0.3 is 11.7 Å². The van der Waals surface area contributed by atoms with Crippen molar-refractivity contribution in [2.45, 2.75) is 31.5 Å². The molecule has 1 fully saturated rings. The maximum atomic E-state index is 12.8. The van der Waals surface area contributed by atoms with Crippen LogP contribution in [0.15, 0.2) is 34.0 Å². The Morgan fingerprint density at radius 3 is 2.69 bits per heavy atom. The van der Waals surface area contributed by atoms with Crippen LogP contribution in [-0.4, -0.2) is 62.9 Å². The molecule has 11 nitrogen and oxygen atoms in total. The Bertz CT molecular complexity index is 1030. The number of methoxy groups -OCH3 is 1. The van der Waals surface area contributed by atoms with Crippen LogP contribution in [0, 0.1) is 6.92 Å². The van der Waals surface area contributed by atoms with Crippen molar-refractivity contribution in [3.63, 3.8) is 0 Å². The summed E-state index contributed by atoms with van der Waals surface area (Å²) >= 11 is 0. The van der Waals surface area contributed by atoms with Gasteiger partial charge in [0.25, 0.3) is 5.56 Å². The molecule has 1 aliphatic heterocycles. The summed E-state index contributed by atoms with van der Waals surface area (Å²) in [5.41, 5.74) is -1.11. The van der Waals surface area contributed by atoms with Crippen molar-refractivity contribution < 1.29 is 34.3 Å². The number of phenols is 1. The van der Waals surface area contributed by atoms with Gasteiger partial charge in [0.05, 0.1) is 13.7 Å². The number of hydrogen-bond donors (Lipinski definition) is 4. The number of aliphatic hydroxyl groups excluding tert-OH is 2. The van der Waals surface area contributed by atoms with Crippen LogP contribution in [0.3, 0.4) is 0 Å². The number of nitrogens with one attached hydrogen (secondary N) is 1. The highest BCUT2D eigenvalue weighted by Crippen LogP contribution is 2.34. The van der Waals surface area contributed by atoms with Crippen LogP contribution in [0.1, 0.15) is 22.1 Å². The third-order valence-corrected chi connectivity index (χ3v) is 4.57. The van der Waals surface area contributed by atoms with Crippen molar-refractivity contribution in [2.75, 3.05) is 13.7 Å². The Morgan fingerprint density at radius 1 is 1.34 bits per heavy atom. The summed E-state index contributed by atoms with van der Waals surface area (Å²) in [5, 5.41) is 29.5. The van der Waals surface area contributed by atoms with Crippen molar-refractivity contribution in [1.82, 2.24) is 9.55 Å². The molecule has 0 aliphatic carbocycles. The Morgan fingerprint density at radius 2 is 2.07 bits per heavy atom. The molecule has 1 aromatic carbocycles. The molecular weight excluding hydrogens is 388 g/mol. The SMILES string of the molecule is COc1cc(O)cc(C)c1C(=O)OC1C(O)C(CO)OC1n1ccc(=O)[nH]c1=O. The highest BCUT2D eigenvalue weighted by atomic mass is 16.6. The first kappa shape index (κ1) is 20.6. The van der Waals surface area contributed by atoms with E-state index in [1.807, 2.05) is 4.98 Å². The minimum Gasteiger partial charge on any atom is -0.508 e. The van der Waals surface area contributed by atoms with E-state index in [9.17, 15) is 29.7 Å². The summed E-state index contributed by atoms with van der Waals surface area (Å²) in [6.45, 7) is 0.965. The van der Waals surface area contributed by atoms with Crippen LogP contribution in [0.5, 0.6) is 11.5 Å². The van der Waals surface area contributed by atoms with E-state index in [2.05, 4.69) is 0 Å². The molecule has 0 amide bonds. The summed E-state index contributed by atoms with van der Waals surface area (Å²) in [7, 11) is 1.31. The number of rotatable bonds is 5. The number of aryl methyl sites for hydroxylation is 1. The van der Waals surface area contributed by atoms with E-state index < -0.39 is 48.4 Å². The predicted octanol–water partition coefficient (Wildman–Crippen LogP) is -0.965. The molecule has 1 aliphatic rings. The van der Waals surface area contributed by atoms with Crippen LogP contribution in [0.25, 0.3) is 0 Å². The Hall–Kier alpha value is -3.15. The molecule has 156 valence electrons. The lowest BCUT2D eigenvalue weighted by Crippen LogP contribution is -2.40. The largest absolute Gasteiger partial charge is 0.508 e. The lowest BCUT2D eigenvalue weighted by atomic mass is 10.1. The number of H-pyrrole nitrogens is 1. The Labute approximate surface area is 163 Å². The maximum Gasteiger partial charge on any atom is 0.342 e. The fraction of sp³-hybridized carbons (Fsp3) is 0.389. The number of aromatic nitrogens is 2. The molecule has 4 N–H and O–H groups in total. The zero-order chi connectivity index (χ0) is 21.3. The van der Waals surface area contributed by atoms with E-state index in [4.69, 9.17) is 14.2 Å². The van der Waals surface area contributed by atoms with Gasteiger partial charge < -0.3 is 29.5 Å². The number of hydrogen-bond acceptors (Lipinski definition) is 9. The summed E-state index contributed by atoms with van der Waals surface area (Å²) in [4.78, 5) is 38.3. The number of carbonyl (C=O) groups is 1. The third-order valence-electron chi connectivity index (χ3n) is 4.57. The smallest absolute Gasteiger partial charge is 0.342 e. The number of aromatic hydroxyl groups is 1. The molecule has 0 spiro atoms. The van der Waals surface area contributed by atoms with Crippen molar-refractivity contribution in [3.05, 3.63) is 56.4 Å². The number of ether oxygens (including phenoxy) is 3. The van der Waals surface area contributed by atoms with Crippen LogP contribution >= 0.6 is 0 Å². The molecule has 11 heteroatoms. The van der Waals surface area contributed by atoms with E-state index in [1.54, 1.807) is 6.92 Å². The van der Waals surface area contributed by atoms with Gasteiger partial charge in [0.15, 0.2) is 12.3 Å². The molecule has 29 heavy (non-hydrogen) atoms. The second-order valence-corrected chi connectivity index (χ2v) is 6.47. The first-order chi connectivity index (χ1) is 13.8. The number of carbonyl (C=O) groups excluding carboxylic acids is 1. The number of phenolic OH excluding ortho intramolecular Hbond substituents is 1. The van der Waals surface area contributed by atoms with Gasteiger partial charge in [-0.3, -0.25) is 14.3 Å². The summed E-state index contributed by atoms with van der Waals surface area (Å²) in [6.07, 6.45) is -4.11. The van der Waals surface area contributed by atoms with Crippen molar-refractivity contribution in [1.29, 1.82) is 0 Å². The van der Waals surface area contributed by atoms with Gasteiger partial charge in [0.2, 0.25) is 0 Å². The number of benzene rings is 1. The Balaban J connectivity index is 1.98. The zero-order valence-corrected chi connectivity index (χ0v) is 15.6. The number of aliphatic hydroxyl groups is 2. The zero-order valence-electron chi connectivity index (χ0n) is 15.6. The van der Waals surface area contributed by atoms with E-state index in [0.29, 0.717) is 5.56 Å². The highest BCUT2D eigenvalue weighted by Gasteiger charge is 2.47. The molecule has 0 saturated carbocycles. The molecule has 3 rings (SSSR count). The minimum atomic E-state index is -1.45. The van der Waals surface area contributed by atoms with Gasteiger partial charge in [0, 0.05) is 18.3 Å². The fourth-order valence-electron chi connectivity index (χ4n) is 3.19. The maximum absolute atomic E-state index is 12.8. The van der Waals surface area contributed by atoms with E-state index in [1.165, 1.54) is 19.2 Å². The predicted molar refractivity (Wildman–Crippen MR) is 96.9 cm³/mol. The van der Waals surface area contributed by atoms with Crippen LogP contribution in [0.2, 0.25) is 0 Å². The first-order valence-corrected chi connectivity index (χ1v) is 8.61. The summed E-state index contributed by atoms with van der Waals surface area (Å²) in [5.74, 6) is -0.955. The molecule has 4 unspecified atom stereocenters. The van der Waals surface area contributed by atoms with Crippen molar-refractivity contribution >= 4 is 5.97 Å². The summed E-state index contributed by atoms with van der Waals surface area (Å²) in [6, 6.07) is 3.63. The average Bonchev–Trinajstić information content (AvgIpc) is 2.96. The molecule has 2 aromatic rings. The van der Waals surface area contributed by atoms with E-state index in [-0.39, 0.29) is 17.1 Å². The average molecular weight is 408 g/mol. The van der Waals surface area contributed by atoms with Crippen LogP contribution in [-0.2, 0) is 9.47 Å². The second kappa shape index (κ2) is 8.07. The number of esters is 1. The molecule has 4 atom stereocenters. The quantitative estimate of drug-likeness (QED) is 0.457. The van der Waals surface area contributed by atoms with Gasteiger partial charge in [-0.15, -0.1) is 0 Å². The lowest BCUT2D eigenvalue weighted by Gasteiger charge is -2.23. The molecular formula is C18H20N2O9. The van der Waals surface area contributed by atoms with Crippen molar-refractivity contribution in [2.24, 2.45) is 0 Å². The monoisotopic (exact) mass is 408 g/mol. The van der Waals surface area contributed by atoms with Crippen LogP contribution < -0.4 is 16.0 Å². The van der Waals surface area contributed by atoms with E-state index >= 15 is 0 Å². The number of aromatic amines is 1. The molecule has 1 saturated heterocycles.